The molecule has 0 atom stereocenters. The third-order valence-electron chi connectivity index (χ3n) is 13.0. The molecule has 10 aromatic carbocycles. The fraction of sp³-hybridized carbons (Fsp3) is 0. The molecule has 0 bridgehead atoms. The van der Waals surface area contributed by atoms with Gasteiger partial charge in [0.2, 0.25) is 0 Å². The van der Waals surface area contributed by atoms with Crippen LogP contribution in [0.15, 0.2) is 237 Å². The molecule has 0 radical (unpaired) electrons. The summed E-state index contributed by atoms with van der Waals surface area (Å²) in [6.45, 7) is 0. The minimum Gasteiger partial charge on any atom is -0.309 e. The molecule has 0 aliphatic carbocycles. The molecule has 0 saturated heterocycles. The molecule has 13 aromatic rings. The Morgan fingerprint density at radius 3 is 1.27 bits per heavy atom. The zero-order valence-electron chi connectivity index (χ0n) is 34.4. The average molecular weight is 802 g/mol. The molecule has 3 nitrogen and oxygen atoms in total. The van der Waals surface area contributed by atoms with E-state index in [1.165, 1.54) is 87.8 Å². The van der Waals surface area contributed by atoms with Crippen LogP contribution in [0.3, 0.4) is 0 Å². The lowest BCUT2D eigenvalue weighted by atomic mass is 9.95. The van der Waals surface area contributed by atoms with Crippen LogP contribution in [0, 0.1) is 0 Å². The molecular weight excluding hydrogens is 763 g/mol. The van der Waals surface area contributed by atoms with Crippen LogP contribution in [-0.4, -0.2) is 13.7 Å². The molecule has 294 valence electrons. The van der Waals surface area contributed by atoms with Gasteiger partial charge in [-0.25, -0.2) is 0 Å². The van der Waals surface area contributed by atoms with Gasteiger partial charge in [-0.2, -0.15) is 0 Å². The fourth-order valence-electron chi connectivity index (χ4n) is 10.3. The molecule has 3 aromatic heterocycles. The first kappa shape index (κ1) is 35.4. The second kappa shape index (κ2) is 14.1. The summed E-state index contributed by atoms with van der Waals surface area (Å²) in [6.07, 6.45) is 0. The molecule has 0 unspecified atom stereocenters. The monoisotopic (exact) mass is 801 g/mol. The maximum atomic E-state index is 2.53. The van der Waals surface area contributed by atoms with Crippen molar-refractivity contribution < 1.29 is 0 Å². The van der Waals surface area contributed by atoms with Crippen LogP contribution in [-0.2, 0) is 0 Å². The van der Waals surface area contributed by atoms with Crippen molar-refractivity contribution in [3.63, 3.8) is 0 Å². The first-order valence-corrected chi connectivity index (χ1v) is 21.7. The first-order valence-electron chi connectivity index (χ1n) is 21.7. The lowest BCUT2D eigenvalue weighted by Crippen LogP contribution is -2.01. The molecular formula is C60H39N3. The Morgan fingerprint density at radius 2 is 0.619 bits per heavy atom. The second-order valence-electron chi connectivity index (χ2n) is 16.5. The van der Waals surface area contributed by atoms with E-state index < -0.39 is 0 Å². The molecule has 0 aliphatic rings. The van der Waals surface area contributed by atoms with Gasteiger partial charge < -0.3 is 13.7 Å². The minimum absolute atomic E-state index is 1.12. The van der Waals surface area contributed by atoms with Crippen LogP contribution in [0.1, 0.15) is 0 Å². The molecule has 0 fully saturated rings. The number of hydrogen-bond acceptors (Lipinski definition) is 0. The molecule has 0 aliphatic heterocycles. The minimum atomic E-state index is 1.12. The van der Waals surface area contributed by atoms with Crippen molar-refractivity contribution in [2.75, 3.05) is 0 Å². The standard InChI is InChI=1S/C60H39N3/c1-3-18-40(19-4-1)42-22-15-23-43(36-42)45-37-44(41-20-5-2-6-21-41)38-46(39-45)61-55-32-14-10-27-51(55)59-56(61)33-17-34-57(59)63-54-31-13-9-26-49(54)50-28-16-35-58(60(50)63)62-52-29-11-7-24-47(52)48-25-8-12-30-53(48)62/h1-39H. The molecule has 3 heteroatoms. The Kier molecular flexibility index (Phi) is 7.91. The Bertz CT molecular complexity index is 3850. The molecule has 0 saturated carbocycles. The predicted octanol–water partition coefficient (Wildman–Crippen LogP) is 16.0. The zero-order chi connectivity index (χ0) is 41.4. The molecule has 0 N–H and O–H groups in total. The van der Waals surface area contributed by atoms with Crippen LogP contribution in [0.2, 0.25) is 0 Å². The van der Waals surface area contributed by atoms with Gasteiger partial charge in [-0.3, -0.25) is 0 Å². The van der Waals surface area contributed by atoms with Crippen LogP contribution in [0.5, 0.6) is 0 Å². The summed E-state index contributed by atoms with van der Waals surface area (Å²) in [5.41, 5.74) is 17.6. The number of hydrogen-bond donors (Lipinski definition) is 0. The largest absolute Gasteiger partial charge is 0.309 e. The van der Waals surface area contributed by atoms with Crippen molar-refractivity contribution in [2.24, 2.45) is 0 Å². The summed E-state index contributed by atoms with van der Waals surface area (Å²) < 4.78 is 7.48. The lowest BCUT2D eigenvalue weighted by molar-refractivity contribution is 1.14. The van der Waals surface area contributed by atoms with Gasteiger partial charge in [-0.05, 0) is 100 Å². The normalized spacial score (nSPS) is 11.8. The van der Waals surface area contributed by atoms with Gasteiger partial charge in [0.1, 0.15) is 0 Å². The quantitative estimate of drug-likeness (QED) is 0.159. The van der Waals surface area contributed by atoms with Gasteiger partial charge in [0.15, 0.2) is 0 Å². The van der Waals surface area contributed by atoms with Crippen molar-refractivity contribution in [2.45, 2.75) is 0 Å². The Labute approximate surface area is 364 Å². The van der Waals surface area contributed by atoms with E-state index in [-0.39, 0.29) is 0 Å². The van der Waals surface area contributed by atoms with E-state index in [1.54, 1.807) is 0 Å². The summed E-state index contributed by atoms with van der Waals surface area (Å²) in [7, 11) is 0. The zero-order valence-corrected chi connectivity index (χ0v) is 34.4. The second-order valence-corrected chi connectivity index (χ2v) is 16.5. The van der Waals surface area contributed by atoms with E-state index in [2.05, 4.69) is 250 Å². The third-order valence-corrected chi connectivity index (χ3v) is 13.0. The topological polar surface area (TPSA) is 14.8 Å². The summed E-state index contributed by atoms with van der Waals surface area (Å²) >= 11 is 0. The number of rotatable bonds is 6. The van der Waals surface area contributed by atoms with Crippen LogP contribution in [0.25, 0.3) is 116 Å². The van der Waals surface area contributed by atoms with Crippen molar-refractivity contribution in [3.05, 3.63) is 237 Å². The van der Waals surface area contributed by atoms with E-state index in [0.717, 1.165) is 28.1 Å². The number of para-hydroxylation sites is 5. The van der Waals surface area contributed by atoms with Crippen molar-refractivity contribution in [1.29, 1.82) is 0 Å². The molecule has 0 spiro atoms. The third kappa shape index (κ3) is 5.46. The highest BCUT2D eigenvalue weighted by molar-refractivity contribution is 6.18. The number of aromatic nitrogens is 3. The molecule has 0 amide bonds. The van der Waals surface area contributed by atoms with E-state index in [0.29, 0.717) is 0 Å². The van der Waals surface area contributed by atoms with Gasteiger partial charge in [-0.1, -0.05) is 170 Å². The number of fused-ring (bicyclic) bond motifs is 9. The Hall–Kier alpha value is -8.40. The Balaban J connectivity index is 1.11. The van der Waals surface area contributed by atoms with Crippen LogP contribution >= 0.6 is 0 Å². The Morgan fingerprint density at radius 1 is 0.222 bits per heavy atom. The summed E-state index contributed by atoms with van der Waals surface area (Å²) in [5, 5.41) is 7.38. The van der Waals surface area contributed by atoms with E-state index in [4.69, 9.17) is 0 Å². The maximum absolute atomic E-state index is 2.53. The highest BCUT2D eigenvalue weighted by atomic mass is 15.1. The van der Waals surface area contributed by atoms with Crippen LogP contribution in [0.4, 0.5) is 0 Å². The summed E-state index contributed by atoms with van der Waals surface area (Å²) in [6, 6.07) is 86.5. The van der Waals surface area contributed by atoms with Gasteiger partial charge in [-0.15, -0.1) is 0 Å². The van der Waals surface area contributed by atoms with Gasteiger partial charge >= 0.3 is 0 Å². The van der Waals surface area contributed by atoms with E-state index >= 15 is 0 Å². The molecule has 13 rings (SSSR count). The molecule has 3 heterocycles. The SMILES string of the molecule is c1ccc(-c2cccc(-c3cc(-c4ccccc4)cc(-n4c5ccccc5c5c(-n6c7ccccc7c7cccc(-n8c9ccccc9c9ccccc98)c76)cccc54)c3)c2)cc1. The smallest absolute Gasteiger partial charge is 0.0782 e. The van der Waals surface area contributed by atoms with Gasteiger partial charge in [0, 0.05) is 38.0 Å². The number of nitrogens with zero attached hydrogens (tertiary/aromatic N) is 3. The van der Waals surface area contributed by atoms with Gasteiger partial charge in [0.25, 0.3) is 0 Å². The highest BCUT2D eigenvalue weighted by Crippen LogP contribution is 2.44. The average Bonchev–Trinajstić information content (AvgIpc) is 4.01. The maximum Gasteiger partial charge on any atom is 0.0782 e. The van der Waals surface area contributed by atoms with E-state index in [1.807, 2.05) is 0 Å². The summed E-state index contributed by atoms with van der Waals surface area (Å²) in [4.78, 5) is 0. The van der Waals surface area contributed by atoms with Crippen molar-refractivity contribution in [1.82, 2.24) is 13.7 Å². The lowest BCUT2D eigenvalue weighted by Gasteiger charge is -2.16. The van der Waals surface area contributed by atoms with Crippen LogP contribution < -0.4 is 0 Å². The predicted molar refractivity (Wildman–Crippen MR) is 266 cm³/mol. The van der Waals surface area contributed by atoms with E-state index in [9.17, 15) is 0 Å². The van der Waals surface area contributed by atoms with Crippen molar-refractivity contribution >= 4 is 65.4 Å². The summed E-state index contributed by atoms with van der Waals surface area (Å²) in [5.74, 6) is 0. The number of benzene rings is 10. The van der Waals surface area contributed by atoms with Gasteiger partial charge in [0.05, 0.1) is 44.5 Å². The van der Waals surface area contributed by atoms with Crippen molar-refractivity contribution in [3.8, 4) is 50.4 Å². The first-order chi connectivity index (χ1) is 31.3. The highest BCUT2D eigenvalue weighted by Gasteiger charge is 2.23. The molecule has 63 heavy (non-hydrogen) atoms. The fourth-order valence-corrected chi connectivity index (χ4v) is 10.3.